The Labute approximate surface area is 86.2 Å². The van der Waals surface area contributed by atoms with E-state index < -0.39 is 6.41 Å². The van der Waals surface area contributed by atoms with Gasteiger partial charge in [0.05, 0.1) is 5.60 Å². The normalized spacial score (nSPS) is 27.6. The number of aliphatic hydroxyl groups excluding tert-OH is 1. The molecule has 0 radical (unpaired) electrons. The molecule has 84 valence electrons. The summed E-state index contributed by atoms with van der Waals surface area (Å²) in [6.45, 7) is 10.6. The smallest absolute Gasteiger partial charge is 0.216 e. The number of nitrogens with zero attached hydrogens (tertiary/aromatic N) is 1. The monoisotopic (exact) mass is 202 g/mol. The molecule has 0 aromatic carbocycles. The van der Waals surface area contributed by atoms with Gasteiger partial charge in [-0.1, -0.05) is 0 Å². The van der Waals surface area contributed by atoms with Gasteiger partial charge >= 0.3 is 0 Å². The van der Waals surface area contributed by atoms with Crippen molar-refractivity contribution in [2.45, 2.75) is 45.8 Å². The summed E-state index contributed by atoms with van der Waals surface area (Å²) in [5.41, 5.74) is -0.302. The van der Waals surface area contributed by atoms with Gasteiger partial charge in [-0.25, -0.2) is 0 Å². The van der Waals surface area contributed by atoms with Crippen molar-refractivity contribution in [3.63, 3.8) is 0 Å². The first-order valence-corrected chi connectivity index (χ1v) is 5.22. The fourth-order valence-electron chi connectivity index (χ4n) is 1.57. The topological polar surface area (TPSA) is 44.7 Å². The Morgan fingerprint density at radius 3 is 2.64 bits per heavy atom. The van der Waals surface area contributed by atoms with E-state index in [1.54, 1.807) is 0 Å². The van der Waals surface area contributed by atoms with Crippen LogP contribution in [0.1, 0.15) is 27.7 Å². The van der Waals surface area contributed by atoms with Gasteiger partial charge in [0.2, 0.25) is 6.41 Å². The standard InChI is InChI=1S/C10H22N2O2/c1-8-7-11-5-6-12(8)9(13)14-10(2,3)4/h8-9,11,13H,5-7H2,1-4H3/t8-,9?/m0/s1. The van der Waals surface area contributed by atoms with E-state index in [4.69, 9.17) is 4.74 Å². The van der Waals surface area contributed by atoms with Crippen molar-refractivity contribution in [1.29, 1.82) is 0 Å². The van der Waals surface area contributed by atoms with Crippen molar-refractivity contribution < 1.29 is 9.84 Å². The van der Waals surface area contributed by atoms with E-state index >= 15 is 0 Å². The molecule has 4 heteroatoms. The third-order valence-electron chi connectivity index (χ3n) is 2.30. The van der Waals surface area contributed by atoms with Crippen LogP contribution in [0, 0.1) is 0 Å². The van der Waals surface area contributed by atoms with Gasteiger partial charge in [0.15, 0.2) is 0 Å². The van der Waals surface area contributed by atoms with Crippen molar-refractivity contribution in [1.82, 2.24) is 10.2 Å². The molecule has 0 bridgehead atoms. The molecule has 0 spiro atoms. The molecule has 4 nitrogen and oxygen atoms in total. The summed E-state index contributed by atoms with van der Waals surface area (Å²) in [6, 6.07) is 0.320. The van der Waals surface area contributed by atoms with Gasteiger partial charge in [-0.15, -0.1) is 0 Å². The molecule has 1 rings (SSSR count). The molecule has 14 heavy (non-hydrogen) atoms. The van der Waals surface area contributed by atoms with Gasteiger partial charge in [-0.3, -0.25) is 4.90 Å². The summed E-state index contributed by atoms with van der Waals surface area (Å²) in [4.78, 5) is 1.97. The highest BCUT2D eigenvalue weighted by atomic mass is 16.6. The summed E-state index contributed by atoms with van der Waals surface area (Å²) in [7, 11) is 0. The second-order valence-corrected chi connectivity index (χ2v) is 4.85. The van der Waals surface area contributed by atoms with Crippen molar-refractivity contribution in [2.75, 3.05) is 19.6 Å². The molecule has 1 aliphatic rings. The van der Waals surface area contributed by atoms with Crippen LogP contribution in [0.15, 0.2) is 0 Å². The summed E-state index contributed by atoms with van der Waals surface area (Å²) in [5, 5.41) is 13.1. The molecule has 0 aromatic rings. The van der Waals surface area contributed by atoms with Gasteiger partial charge in [-0.05, 0) is 27.7 Å². The van der Waals surface area contributed by atoms with Gasteiger partial charge in [0, 0.05) is 25.7 Å². The molecule has 2 N–H and O–H groups in total. The molecular formula is C10H22N2O2. The van der Waals surface area contributed by atoms with Crippen molar-refractivity contribution in [3.05, 3.63) is 0 Å². The lowest BCUT2D eigenvalue weighted by molar-refractivity contribution is -0.249. The fourth-order valence-corrected chi connectivity index (χ4v) is 1.57. The van der Waals surface area contributed by atoms with E-state index in [1.165, 1.54) is 0 Å². The molecule has 0 amide bonds. The highest BCUT2D eigenvalue weighted by Gasteiger charge is 2.27. The number of ether oxygens (including phenoxy) is 1. The summed E-state index contributed by atoms with van der Waals surface area (Å²) < 4.78 is 5.50. The zero-order valence-corrected chi connectivity index (χ0v) is 9.58. The van der Waals surface area contributed by atoms with Gasteiger partial charge in [0.25, 0.3) is 0 Å². The van der Waals surface area contributed by atoms with E-state index in [2.05, 4.69) is 12.2 Å². The second-order valence-electron chi connectivity index (χ2n) is 4.85. The molecule has 1 unspecified atom stereocenters. The van der Waals surface area contributed by atoms with Crippen LogP contribution < -0.4 is 5.32 Å². The third-order valence-corrected chi connectivity index (χ3v) is 2.30. The molecule has 2 atom stereocenters. The summed E-state index contributed by atoms with van der Waals surface area (Å²) in [6.07, 6.45) is -0.785. The maximum absolute atomic E-state index is 9.86. The number of aliphatic hydroxyl groups is 1. The van der Waals surface area contributed by atoms with Gasteiger partial charge in [-0.2, -0.15) is 0 Å². The molecular weight excluding hydrogens is 180 g/mol. The van der Waals surface area contributed by atoms with E-state index in [-0.39, 0.29) is 5.60 Å². The van der Waals surface area contributed by atoms with Gasteiger partial charge in [0.1, 0.15) is 0 Å². The molecule has 0 saturated carbocycles. The Morgan fingerprint density at radius 2 is 2.14 bits per heavy atom. The predicted octanol–water partition coefficient (Wildman–Crippen LogP) is 0.371. The minimum absolute atomic E-state index is 0.302. The van der Waals surface area contributed by atoms with Crippen LogP contribution in [0.5, 0.6) is 0 Å². The molecule has 1 fully saturated rings. The molecule has 0 aliphatic carbocycles. The second kappa shape index (κ2) is 4.57. The maximum atomic E-state index is 9.86. The Hall–Kier alpha value is -0.160. The first kappa shape index (κ1) is 11.9. The van der Waals surface area contributed by atoms with Crippen LogP contribution in [0.4, 0.5) is 0 Å². The van der Waals surface area contributed by atoms with Crippen LogP contribution in [0.25, 0.3) is 0 Å². The van der Waals surface area contributed by atoms with Crippen LogP contribution >= 0.6 is 0 Å². The average Bonchev–Trinajstić information content (AvgIpc) is 2.01. The van der Waals surface area contributed by atoms with Crippen molar-refractivity contribution in [3.8, 4) is 0 Å². The summed E-state index contributed by atoms with van der Waals surface area (Å²) >= 11 is 0. The lowest BCUT2D eigenvalue weighted by atomic mass is 10.2. The lowest BCUT2D eigenvalue weighted by Gasteiger charge is -2.39. The molecule has 1 heterocycles. The third kappa shape index (κ3) is 3.53. The zero-order valence-electron chi connectivity index (χ0n) is 9.58. The predicted molar refractivity (Wildman–Crippen MR) is 55.9 cm³/mol. The quantitative estimate of drug-likeness (QED) is 0.635. The van der Waals surface area contributed by atoms with Crippen molar-refractivity contribution >= 4 is 0 Å². The fraction of sp³-hybridized carbons (Fsp3) is 1.00. The maximum Gasteiger partial charge on any atom is 0.216 e. The van der Waals surface area contributed by atoms with Crippen LogP contribution in [-0.2, 0) is 4.74 Å². The number of hydrogen-bond donors (Lipinski definition) is 2. The first-order valence-electron chi connectivity index (χ1n) is 5.22. The number of rotatable bonds is 2. The van der Waals surface area contributed by atoms with Gasteiger partial charge < -0.3 is 15.2 Å². The molecule has 0 aromatic heterocycles. The van der Waals surface area contributed by atoms with E-state index in [0.717, 1.165) is 19.6 Å². The largest absolute Gasteiger partial charge is 0.356 e. The average molecular weight is 202 g/mol. The van der Waals surface area contributed by atoms with Crippen LogP contribution in [0.2, 0.25) is 0 Å². The highest BCUT2D eigenvalue weighted by molar-refractivity contribution is 4.76. The first-order chi connectivity index (χ1) is 6.40. The highest BCUT2D eigenvalue weighted by Crippen LogP contribution is 2.14. The number of nitrogens with one attached hydrogen (secondary N) is 1. The summed E-state index contributed by atoms with van der Waals surface area (Å²) in [5.74, 6) is 0. The van der Waals surface area contributed by atoms with E-state index in [0.29, 0.717) is 6.04 Å². The Bertz CT molecular complexity index is 179. The Kier molecular flexibility index (Phi) is 3.89. The Morgan fingerprint density at radius 1 is 1.50 bits per heavy atom. The van der Waals surface area contributed by atoms with E-state index in [9.17, 15) is 5.11 Å². The number of hydrogen-bond acceptors (Lipinski definition) is 4. The SMILES string of the molecule is C[C@H]1CNCCN1C(O)OC(C)(C)C. The minimum atomic E-state index is -0.785. The van der Waals surface area contributed by atoms with Crippen molar-refractivity contribution in [2.24, 2.45) is 0 Å². The number of piperazine rings is 1. The molecule has 1 saturated heterocycles. The Balaban J connectivity index is 2.46. The zero-order chi connectivity index (χ0) is 10.8. The minimum Gasteiger partial charge on any atom is -0.356 e. The lowest BCUT2D eigenvalue weighted by Crippen LogP contribution is -2.55. The van der Waals surface area contributed by atoms with E-state index in [1.807, 2.05) is 25.7 Å². The van der Waals surface area contributed by atoms with Crippen LogP contribution in [-0.4, -0.2) is 47.7 Å². The molecule has 1 aliphatic heterocycles. The van der Waals surface area contributed by atoms with Crippen LogP contribution in [0.3, 0.4) is 0 Å².